The molecule has 4 N–H and O–H groups in total. The van der Waals surface area contributed by atoms with Crippen molar-refractivity contribution in [3.63, 3.8) is 0 Å². The Balaban J connectivity index is 2.41. The first-order valence-corrected chi connectivity index (χ1v) is 5.90. The standard InChI is InChI=1S/C13H21N3/c1-2-3-4-5-10-16-13(15)11-6-8-12(14)9-7-11/h6-9H,2-5,10,14H2,1H3,(H2,15,16). The van der Waals surface area contributed by atoms with Crippen LogP contribution >= 0.6 is 0 Å². The van der Waals surface area contributed by atoms with E-state index in [4.69, 9.17) is 11.5 Å². The number of benzene rings is 1. The highest BCUT2D eigenvalue weighted by molar-refractivity contribution is 5.97. The van der Waals surface area contributed by atoms with E-state index in [1.165, 1.54) is 19.3 Å². The summed E-state index contributed by atoms with van der Waals surface area (Å²) in [7, 11) is 0. The van der Waals surface area contributed by atoms with E-state index in [-0.39, 0.29) is 0 Å². The Morgan fingerprint density at radius 1 is 1.12 bits per heavy atom. The molecule has 0 amide bonds. The van der Waals surface area contributed by atoms with Crippen LogP contribution in [0.4, 0.5) is 5.69 Å². The van der Waals surface area contributed by atoms with Crippen molar-refractivity contribution in [1.82, 2.24) is 0 Å². The van der Waals surface area contributed by atoms with Gasteiger partial charge in [-0.25, -0.2) is 0 Å². The Bertz CT molecular complexity index is 328. The van der Waals surface area contributed by atoms with Crippen LogP contribution < -0.4 is 11.5 Å². The Morgan fingerprint density at radius 3 is 2.44 bits per heavy atom. The van der Waals surface area contributed by atoms with Gasteiger partial charge in [-0.1, -0.05) is 26.2 Å². The molecule has 1 rings (SSSR count). The third kappa shape index (κ3) is 4.34. The quantitative estimate of drug-likeness (QED) is 0.334. The van der Waals surface area contributed by atoms with E-state index in [2.05, 4.69) is 11.9 Å². The molecule has 0 bridgehead atoms. The van der Waals surface area contributed by atoms with Crippen LogP contribution in [0.5, 0.6) is 0 Å². The first-order chi connectivity index (χ1) is 7.74. The second kappa shape index (κ2) is 6.88. The zero-order valence-corrected chi connectivity index (χ0v) is 9.95. The van der Waals surface area contributed by atoms with Gasteiger partial charge < -0.3 is 11.5 Å². The first-order valence-electron chi connectivity index (χ1n) is 5.90. The number of nitrogens with zero attached hydrogens (tertiary/aromatic N) is 1. The molecule has 0 radical (unpaired) electrons. The summed E-state index contributed by atoms with van der Waals surface area (Å²) in [4.78, 5) is 4.35. The van der Waals surface area contributed by atoms with Crippen molar-refractivity contribution >= 4 is 11.5 Å². The third-order valence-electron chi connectivity index (χ3n) is 2.50. The zero-order valence-electron chi connectivity index (χ0n) is 9.95. The minimum Gasteiger partial charge on any atom is -0.399 e. The summed E-state index contributed by atoms with van der Waals surface area (Å²) in [5.74, 6) is 0.608. The molecule has 0 aliphatic heterocycles. The predicted molar refractivity (Wildman–Crippen MR) is 70.6 cm³/mol. The van der Waals surface area contributed by atoms with Gasteiger partial charge in [-0.05, 0) is 30.7 Å². The number of unbranched alkanes of at least 4 members (excludes halogenated alkanes) is 3. The third-order valence-corrected chi connectivity index (χ3v) is 2.50. The number of amidine groups is 1. The van der Waals surface area contributed by atoms with Crippen LogP contribution in [0.1, 0.15) is 38.2 Å². The smallest absolute Gasteiger partial charge is 0.125 e. The summed E-state index contributed by atoms with van der Waals surface area (Å²) < 4.78 is 0. The van der Waals surface area contributed by atoms with Crippen LogP contribution in [0.3, 0.4) is 0 Å². The topological polar surface area (TPSA) is 64.4 Å². The van der Waals surface area contributed by atoms with Crippen molar-refractivity contribution < 1.29 is 0 Å². The summed E-state index contributed by atoms with van der Waals surface area (Å²) in [6, 6.07) is 7.49. The van der Waals surface area contributed by atoms with Crippen LogP contribution in [-0.4, -0.2) is 12.4 Å². The zero-order chi connectivity index (χ0) is 11.8. The molecule has 0 saturated heterocycles. The van der Waals surface area contributed by atoms with Gasteiger partial charge in [0.2, 0.25) is 0 Å². The molecular weight excluding hydrogens is 198 g/mol. The minimum absolute atomic E-state index is 0.608. The molecule has 0 fully saturated rings. The Kier molecular flexibility index (Phi) is 5.40. The van der Waals surface area contributed by atoms with E-state index in [9.17, 15) is 0 Å². The fourth-order valence-electron chi connectivity index (χ4n) is 1.48. The molecule has 0 aliphatic carbocycles. The van der Waals surface area contributed by atoms with Gasteiger partial charge in [0.25, 0.3) is 0 Å². The van der Waals surface area contributed by atoms with Crippen LogP contribution in [0.15, 0.2) is 29.3 Å². The van der Waals surface area contributed by atoms with Crippen molar-refractivity contribution in [3.8, 4) is 0 Å². The molecule has 1 aromatic carbocycles. The van der Waals surface area contributed by atoms with E-state index in [1.54, 1.807) is 0 Å². The molecule has 0 aliphatic rings. The van der Waals surface area contributed by atoms with Gasteiger partial charge >= 0.3 is 0 Å². The second-order valence-corrected chi connectivity index (χ2v) is 3.95. The summed E-state index contributed by atoms with van der Waals surface area (Å²) in [6.45, 7) is 3.02. The molecule has 16 heavy (non-hydrogen) atoms. The fraction of sp³-hybridized carbons (Fsp3) is 0.462. The summed E-state index contributed by atoms with van der Waals surface area (Å²) in [5.41, 5.74) is 13.2. The predicted octanol–water partition coefficient (Wildman–Crippen LogP) is 2.55. The van der Waals surface area contributed by atoms with E-state index < -0.39 is 0 Å². The van der Waals surface area contributed by atoms with Gasteiger partial charge in [0.1, 0.15) is 5.84 Å². The molecule has 0 aromatic heterocycles. The molecule has 0 unspecified atom stereocenters. The van der Waals surface area contributed by atoms with Crippen LogP contribution in [0.25, 0.3) is 0 Å². The molecule has 1 aromatic rings. The maximum Gasteiger partial charge on any atom is 0.125 e. The minimum atomic E-state index is 0.608. The summed E-state index contributed by atoms with van der Waals surface area (Å²) in [6.07, 6.45) is 4.87. The number of hydrogen-bond acceptors (Lipinski definition) is 2. The largest absolute Gasteiger partial charge is 0.399 e. The number of nitrogen functional groups attached to an aromatic ring is 1. The van der Waals surface area contributed by atoms with Crippen molar-refractivity contribution in [3.05, 3.63) is 29.8 Å². The molecule has 0 saturated carbocycles. The lowest BCUT2D eigenvalue weighted by molar-refractivity contribution is 0.675. The number of aliphatic imine (C=N–C) groups is 1. The van der Waals surface area contributed by atoms with Gasteiger partial charge in [0, 0.05) is 17.8 Å². The monoisotopic (exact) mass is 219 g/mol. The van der Waals surface area contributed by atoms with Gasteiger partial charge in [0.15, 0.2) is 0 Å². The maximum atomic E-state index is 5.87. The summed E-state index contributed by atoms with van der Waals surface area (Å²) in [5, 5.41) is 0. The maximum absolute atomic E-state index is 5.87. The Morgan fingerprint density at radius 2 is 1.81 bits per heavy atom. The lowest BCUT2D eigenvalue weighted by Gasteiger charge is -2.01. The number of rotatable bonds is 6. The molecule has 3 heteroatoms. The van der Waals surface area contributed by atoms with Crippen molar-refractivity contribution in [2.45, 2.75) is 32.6 Å². The Hall–Kier alpha value is -1.51. The molecular formula is C13H21N3. The lowest BCUT2D eigenvalue weighted by atomic mass is 10.2. The Labute approximate surface area is 97.6 Å². The fourth-order valence-corrected chi connectivity index (χ4v) is 1.48. The molecule has 0 spiro atoms. The van der Waals surface area contributed by atoms with E-state index >= 15 is 0 Å². The molecule has 3 nitrogen and oxygen atoms in total. The second-order valence-electron chi connectivity index (χ2n) is 3.95. The van der Waals surface area contributed by atoms with Crippen LogP contribution in [0.2, 0.25) is 0 Å². The molecule has 88 valence electrons. The van der Waals surface area contributed by atoms with E-state index in [0.29, 0.717) is 5.84 Å². The summed E-state index contributed by atoms with van der Waals surface area (Å²) >= 11 is 0. The first kappa shape index (κ1) is 12.6. The number of nitrogens with two attached hydrogens (primary N) is 2. The van der Waals surface area contributed by atoms with Crippen molar-refractivity contribution in [2.75, 3.05) is 12.3 Å². The van der Waals surface area contributed by atoms with Gasteiger partial charge in [-0.2, -0.15) is 0 Å². The van der Waals surface area contributed by atoms with Crippen LogP contribution in [0, 0.1) is 0 Å². The SMILES string of the molecule is CCCCCCN=C(N)c1ccc(N)cc1. The highest BCUT2D eigenvalue weighted by Crippen LogP contribution is 2.05. The average molecular weight is 219 g/mol. The number of hydrogen-bond donors (Lipinski definition) is 2. The van der Waals surface area contributed by atoms with E-state index in [0.717, 1.165) is 24.2 Å². The lowest BCUT2D eigenvalue weighted by Crippen LogP contribution is -2.13. The van der Waals surface area contributed by atoms with Crippen LogP contribution in [-0.2, 0) is 0 Å². The van der Waals surface area contributed by atoms with Crippen molar-refractivity contribution in [1.29, 1.82) is 0 Å². The van der Waals surface area contributed by atoms with E-state index in [1.807, 2.05) is 24.3 Å². The highest BCUT2D eigenvalue weighted by atomic mass is 14.8. The average Bonchev–Trinajstić information content (AvgIpc) is 2.29. The van der Waals surface area contributed by atoms with Gasteiger partial charge in [-0.15, -0.1) is 0 Å². The van der Waals surface area contributed by atoms with Gasteiger partial charge in [0.05, 0.1) is 0 Å². The number of anilines is 1. The van der Waals surface area contributed by atoms with Crippen molar-refractivity contribution in [2.24, 2.45) is 10.7 Å². The normalized spacial score (nSPS) is 11.7. The highest BCUT2D eigenvalue weighted by Gasteiger charge is 1.96. The molecule has 0 heterocycles. The van der Waals surface area contributed by atoms with Gasteiger partial charge in [-0.3, -0.25) is 4.99 Å². The molecule has 0 atom stereocenters.